The summed E-state index contributed by atoms with van der Waals surface area (Å²) in [6.07, 6.45) is 0. The van der Waals surface area contributed by atoms with E-state index in [-0.39, 0.29) is 29.4 Å². The normalized spacial score (nSPS) is 11.2. The van der Waals surface area contributed by atoms with Gasteiger partial charge in [0, 0.05) is 10.6 Å². The number of carbonyl (C=O) groups is 2. The maximum absolute atomic E-state index is 12.4. The summed E-state index contributed by atoms with van der Waals surface area (Å²) in [6, 6.07) is 13.0. The van der Waals surface area contributed by atoms with Crippen LogP contribution in [-0.4, -0.2) is 32.3 Å². The topological polar surface area (TPSA) is 129 Å². The van der Waals surface area contributed by atoms with Crippen molar-refractivity contribution in [3.05, 3.63) is 86.2 Å². The van der Waals surface area contributed by atoms with Crippen LogP contribution in [0.15, 0.2) is 53.6 Å². The van der Waals surface area contributed by atoms with Crippen molar-refractivity contribution in [1.82, 2.24) is 15.2 Å². The highest BCUT2D eigenvalue weighted by Crippen LogP contribution is 2.22. The number of rotatable bonds is 7. The summed E-state index contributed by atoms with van der Waals surface area (Å²) >= 11 is 5.85. The summed E-state index contributed by atoms with van der Waals surface area (Å²) in [5.74, 6) is -0.824. The second-order valence-corrected chi connectivity index (χ2v) is 7.50. The second-order valence-electron chi connectivity index (χ2n) is 7.06. The molecule has 0 fully saturated rings. The highest BCUT2D eigenvalue weighted by atomic mass is 35.5. The number of aryl methyl sites for hydroxylation is 1. The predicted molar refractivity (Wildman–Crippen MR) is 122 cm³/mol. The van der Waals surface area contributed by atoms with E-state index in [0.29, 0.717) is 21.9 Å². The molecule has 33 heavy (non-hydrogen) atoms. The fourth-order valence-corrected chi connectivity index (χ4v) is 3.21. The lowest BCUT2D eigenvalue weighted by Crippen LogP contribution is -2.25. The number of nitro groups is 1. The number of aromatic nitrogens is 2. The van der Waals surface area contributed by atoms with Crippen molar-refractivity contribution in [3.8, 4) is 5.75 Å². The van der Waals surface area contributed by atoms with Crippen molar-refractivity contribution < 1.29 is 19.2 Å². The van der Waals surface area contributed by atoms with Crippen LogP contribution in [0.25, 0.3) is 0 Å². The zero-order chi connectivity index (χ0) is 24.1. The third-order valence-electron chi connectivity index (χ3n) is 4.73. The zero-order valence-electron chi connectivity index (χ0n) is 18.0. The molecule has 0 aliphatic heterocycles. The fourth-order valence-electron chi connectivity index (χ4n) is 3.08. The summed E-state index contributed by atoms with van der Waals surface area (Å²) in [7, 11) is 0. The van der Waals surface area contributed by atoms with Gasteiger partial charge in [0.1, 0.15) is 23.7 Å². The predicted octanol–water partition coefficient (Wildman–Crippen LogP) is 3.82. The molecule has 11 heteroatoms. The Labute approximate surface area is 194 Å². The number of hydrogen-bond acceptors (Lipinski definition) is 7. The van der Waals surface area contributed by atoms with Crippen LogP contribution in [-0.2, 0) is 11.3 Å². The molecule has 0 aliphatic rings. The number of halogens is 1. The Morgan fingerprint density at radius 2 is 1.85 bits per heavy atom. The Morgan fingerprint density at radius 3 is 2.48 bits per heavy atom. The van der Waals surface area contributed by atoms with E-state index in [4.69, 9.17) is 16.3 Å². The van der Waals surface area contributed by atoms with Crippen molar-refractivity contribution >= 4 is 34.9 Å². The van der Waals surface area contributed by atoms with E-state index >= 15 is 0 Å². The Morgan fingerprint density at radius 1 is 1.18 bits per heavy atom. The van der Waals surface area contributed by atoms with Crippen LogP contribution >= 0.6 is 11.6 Å². The molecular formula is C22H20ClN5O5. The van der Waals surface area contributed by atoms with Crippen molar-refractivity contribution in [2.24, 2.45) is 5.10 Å². The first kappa shape index (κ1) is 23.6. The van der Waals surface area contributed by atoms with Gasteiger partial charge in [-0.2, -0.15) is 10.2 Å². The number of hydrazone groups is 1. The largest absolute Gasteiger partial charge is 0.422 e. The molecule has 0 radical (unpaired) electrons. The maximum atomic E-state index is 12.4. The molecule has 1 N–H and O–H groups in total. The standard InChI is InChI=1S/C22H20ClN5O5/c1-13(24-25-20(29)12-27-15(3)21(28(31)32)14(2)26-27)18-6-4-5-7-19(18)33-22(30)16-8-10-17(23)11-9-16/h4-11H,12H2,1-3H3,(H,25,29)/b24-13+. The number of esters is 1. The fraction of sp³-hybridized carbons (Fsp3) is 0.182. The summed E-state index contributed by atoms with van der Waals surface area (Å²) in [6.45, 7) is 4.42. The van der Waals surface area contributed by atoms with Crippen LogP contribution in [0, 0.1) is 24.0 Å². The molecule has 1 aromatic heterocycles. The number of amides is 1. The van der Waals surface area contributed by atoms with Crippen LogP contribution in [0.5, 0.6) is 5.75 Å². The van der Waals surface area contributed by atoms with E-state index in [1.54, 1.807) is 55.5 Å². The van der Waals surface area contributed by atoms with Gasteiger partial charge in [0.25, 0.3) is 5.91 Å². The quantitative estimate of drug-likeness (QED) is 0.184. The van der Waals surface area contributed by atoms with Crippen molar-refractivity contribution in [1.29, 1.82) is 0 Å². The molecular weight excluding hydrogens is 450 g/mol. The smallest absolute Gasteiger partial charge is 0.343 e. The molecule has 1 heterocycles. The number of nitrogens with one attached hydrogen (secondary N) is 1. The molecule has 0 saturated heterocycles. The molecule has 10 nitrogen and oxygen atoms in total. The van der Waals surface area contributed by atoms with Gasteiger partial charge < -0.3 is 4.74 Å². The van der Waals surface area contributed by atoms with Gasteiger partial charge in [-0.3, -0.25) is 19.6 Å². The Bertz CT molecular complexity index is 1250. The van der Waals surface area contributed by atoms with Crippen molar-refractivity contribution in [2.75, 3.05) is 0 Å². The number of para-hydroxylation sites is 1. The minimum atomic E-state index is -0.568. The van der Waals surface area contributed by atoms with Crippen molar-refractivity contribution in [3.63, 3.8) is 0 Å². The van der Waals surface area contributed by atoms with Crippen LogP contribution in [0.3, 0.4) is 0 Å². The summed E-state index contributed by atoms with van der Waals surface area (Å²) in [5, 5.41) is 19.7. The lowest BCUT2D eigenvalue weighted by atomic mass is 10.1. The molecule has 0 saturated carbocycles. The SMILES string of the molecule is C/C(=N\NC(=O)Cn1nc(C)c([N+](=O)[O-])c1C)c1ccccc1OC(=O)c1ccc(Cl)cc1. The molecule has 3 rings (SSSR count). The Hall–Kier alpha value is -4.05. The number of hydrogen-bond donors (Lipinski definition) is 1. The number of nitrogens with zero attached hydrogens (tertiary/aromatic N) is 4. The maximum Gasteiger partial charge on any atom is 0.343 e. The van der Waals surface area contributed by atoms with E-state index in [2.05, 4.69) is 15.6 Å². The molecule has 2 aromatic carbocycles. The van der Waals surface area contributed by atoms with Gasteiger partial charge in [-0.15, -0.1) is 0 Å². The van der Waals surface area contributed by atoms with Gasteiger partial charge >= 0.3 is 11.7 Å². The Balaban J connectivity index is 1.72. The summed E-state index contributed by atoms with van der Waals surface area (Å²) in [5.41, 5.74) is 3.99. The summed E-state index contributed by atoms with van der Waals surface area (Å²) in [4.78, 5) is 35.4. The molecule has 0 atom stereocenters. The van der Waals surface area contributed by atoms with Gasteiger partial charge in [-0.05, 0) is 57.2 Å². The molecule has 0 unspecified atom stereocenters. The second kappa shape index (κ2) is 10.0. The lowest BCUT2D eigenvalue weighted by Gasteiger charge is -2.10. The average Bonchev–Trinajstić information content (AvgIpc) is 3.05. The van der Waals surface area contributed by atoms with Gasteiger partial charge in [-0.25, -0.2) is 10.2 Å². The summed E-state index contributed by atoms with van der Waals surface area (Å²) < 4.78 is 6.74. The van der Waals surface area contributed by atoms with E-state index in [9.17, 15) is 19.7 Å². The van der Waals surface area contributed by atoms with E-state index in [0.717, 1.165) is 0 Å². The first-order valence-electron chi connectivity index (χ1n) is 9.76. The average molecular weight is 470 g/mol. The van der Waals surface area contributed by atoms with Crippen molar-refractivity contribution in [2.45, 2.75) is 27.3 Å². The third kappa shape index (κ3) is 5.60. The van der Waals surface area contributed by atoms with Crippen LogP contribution < -0.4 is 10.2 Å². The minimum Gasteiger partial charge on any atom is -0.422 e. The van der Waals surface area contributed by atoms with Crippen LogP contribution in [0.4, 0.5) is 5.69 Å². The Kier molecular flexibility index (Phi) is 7.19. The number of carbonyl (C=O) groups excluding carboxylic acids is 2. The molecule has 0 spiro atoms. The van der Waals surface area contributed by atoms with E-state index in [1.807, 2.05) is 0 Å². The number of benzene rings is 2. The van der Waals surface area contributed by atoms with Gasteiger partial charge in [0.2, 0.25) is 0 Å². The van der Waals surface area contributed by atoms with Gasteiger partial charge in [-0.1, -0.05) is 23.7 Å². The molecule has 0 aliphatic carbocycles. The molecule has 0 bridgehead atoms. The first-order chi connectivity index (χ1) is 15.7. The third-order valence-corrected chi connectivity index (χ3v) is 4.98. The zero-order valence-corrected chi connectivity index (χ0v) is 18.8. The van der Waals surface area contributed by atoms with E-state index < -0.39 is 16.8 Å². The highest BCUT2D eigenvalue weighted by molar-refractivity contribution is 6.30. The lowest BCUT2D eigenvalue weighted by molar-refractivity contribution is -0.386. The van der Waals surface area contributed by atoms with E-state index in [1.165, 1.54) is 18.5 Å². The monoisotopic (exact) mass is 469 g/mol. The highest BCUT2D eigenvalue weighted by Gasteiger charge is 2.22. The molecule has 3 aromatic rings. The van der Waals surface area contributed by atoms with Crippen LogP contribution in [0.2, 0.25) is 5.02 Å². The first-order valence-corrected chi connectivity index (χ1v) is 10.1. The molecule has 170 valence electrons. The van der Waals surface area contributed by atoms with Gasteiger partial charge in [0.05, 0.1) is 16.2 Å². The molecule has 1 amide bonds. The minimum absolute atomic E-state index is 0.126. The van der Waals surface area contributed by atoms with Gasteiger partial charge in [0.15, 0.2) is 0 Å². The van der Waals surface area contributed by atoms with Crippen LogP contribution in [0.1, 0.15) is 34.2 Å². The number of ether oxygens (including phenoxy) is 1.